The zero-order valence-electron chi connectivity index (χ0n) is 15.1. The van der Waals surface area contributed by atoms with E-state index in [0.29, 0.717) is 6.54 Å². The zero-order chi connectivity index (χ0) is 18.7. The van der Waals surface area contributed by atoms with Crippen molar-refractivity contribution in [1.82, 2.24) is 0 Å². The van der Waals surface area contributed by atoms with Gasteiger partial charge in [-0.15, -0.1) is 0 Å². The van der Waals surface area contributed by atoms with Crippen molar-refractivity contribution < 1.29 is 9.59 Å². The SMILES string of the molecule is CCc1cccc(CC)c1N1C[C@H](C(=O)Nc2ccc(Br)cc2)CC1=O. The largest absolute Gasteiger partial charge is 0.326 e. The molecule has 5 heteroatoms. The number of nitrogens with zero attached hydrogens (tertiary/aromatic N) is 1. The maximum Gasteiger partial charge on any atom is 0.229 e. The van der Waals surface area contributed by atoms with Gasteiger partial charge in [0.1, 0.15) is 0 Å². The number of halogens is 1. The van der Waals surface area contributed by atoms with Crippen molar-refractivity contribution in [1.29, 1.82) is 0 Å². The molecular weight excluding hydrogens is 392 g/mol. The highest BCUT2D eigenvalue weighted by atomic mass is 79.9. The number of benzene rings is 2. The van der Waals surface area contributed by atoms with E-state index in [9.17, 15) is 9.59 Å². The molecule has 0 unspecified atom stereocenters. The van der Waals surface area contributed by atoms with E-state index < -0.39 is 0 Å². The molecule has 3 rings (SSSR count). The van der Waals surface area contributed by atoms with Crippen molar-refractivity contribution in [3.05, 3.63) is 58.1 Å². The summed E-state index contributed by atoms with van der Waals surface area (Å²) in [5.41, 5.74) is 4.06. The van der Waals surface area contributed by atoms with Gasteiger partial charge in [0, 0.05) is 28.8 Å². The lowest BCUT2D eigenvalue weighted by Gasteiger charge is -2.23. The summed E-state index contributed by atoms with van der Waals surface area (Å²) in [6.07, 6.45) is 1.98. The first kappa shape index (κ1) is 18.6. The van der Waals surface area contributed by atoms with E-state index in [-0.39, 0.29) is 24.2 Å². The smallest absolute Gasteiger partial charge is 0.229 e. The first-order valence-electron chi connectivity index (χ1n) is 9.01. The lowest BCUT2D eigenvalue weighted by molar-refractivity contribution is -0.122. The van der Waals surface area contributed by atoms with Gasteiger partial charge < -0.3 is 10.2 Å². The average molecular weight is 415 g/mol. The van der Waals surface area contributed by atoms with Crippen LogP contribution in [0.2, 0.25) is 0 Å². The van der Waals surface area contributed by atoms with Crippen LogP contribution in [0.3, 0.4) is 0 Å². The number of para-hydroxylation sites is 1. The van der Waals surface area contributed by atoms with Gasteiger partial charge in [0.25, 0.3) is 0 Å². The van der Waals surface area contributed by atoms with E-state index in [0.717, 1.165) is 39.8 Å². The predicted octanol–water partition coefficient (Wildman–Crippen LogP) is 4.57. The van der Waals surface area contributed by atoms with Crippen LogP contribution < -0.4 is 10.2 Å². The number of hydrogen-bond acceptors (Lipinski definition) is 2. The second-order valence-corrected chi connectivity index (χ2v) is 7.45. The monoisotopic (exact) mass is 414 g/mol. The lowest BCUT2D eigenvalue weighted by atomic mass is 10.0. The summed E-state index contributed by atoms with van der Waals surface area (Å²) >= 11 is 3.38. The van der Waals surface area contributed by atoms with Crippen LogP contribution >= 0.6 is 15.9 Å². The summed E-state index contributed by atoms with van der Waals surface area (Å²) in [6.45, 7) is 4.62. The van der Waals surface area contributed by atoms with Crippen molar-refractivity contribution in [2.75, 3.05) is 16.8 Å². The molecule has 1 heterocycles. The van der Waals surface area contributed by atoms with Gasteiger partial charge in [0.15, 0.2) is 0 Å². The minimum absolute atomic E-state index is 0.0246. The highest BCUT2D eigenvalue weighted by Gasteiger charge is 2.36. The van der Waals surface area contributed by atoms with Crippen molar-refractivity contribution in [3.8, 4) is 0 Å². The Morgan fingerprint density at radius 1 is 1.12 bits per heavy atom. The summed E-state index contributed by atoms with van der Waals surface area (Å²) < 4.78 is 0.959. The summed E-state index contributed by atoms with van der Waals surface area (Å²) in [4.78, 5) is 27.1. The molecule has 0 bridgehead atoms. The number of amides is 2. The van der Waals surface area contributed by atoms with Crippen LogP contribution in [0.25, 0.3) is 0 Å². The molecule has 0 spiro atoms. The van der Waals surface area contributed by atoms with Gasteiger partial charge in [-0.3, -0.25) is 9.59 Å². The van der Waals surface area contributed by atoms with Crippen molar-refractivity contribution in [2.24, 2.45) is 5.92 Å². The molecular formula is C21H23BrN2O2. The predicted molar refractivity (Wildman–Crippen MR) is 108 cm³/mol. The van der Waals surface area contributed by atoms with Gasteiger partial charge in [-0.25, -0.2) is 0 Å². The first-order chi connectivity index (χ1) is 12.5. The topological polar surface area (TPSA) is 49.4 Å². The molecule has 4 nitrogen and oxygen atoms in total. The fourth-order valence-corrected chi connectivity index (χ4v) is 3.70. The maximum atomic E-state index is 12.7. The van der Waals surface area contributed by atoms with E-state index in [2.05, 4.69) is 47.2 Å². The number of nitrogens with one attached hydrogen (secondary N) is 1. The van der Waals surface area contributed by atoms with Crippen LogP contribution in [0.15, 0.2) is 46.9 Å². The third-order valence-electron chi connectivity index (χ3n) is 4.84. The Hall–Kier alpha value is -2.14. The van der Waals surface area contributed by atoms with Gasteiger partial charge in [-0.2, -0.15) is 0 Å². The Morgan fingerprint density at radius 3 is 2.31 bits per heavy atom. The molecule has 26 heavy (non-hydrogen) atoms. The van der Waals surface area contributed by atoms with Crippen LogP contribution in [-0.4, -0.2) is 18.4 Å². The molecule has 0 aliphatic carbocycles. The van der Waals surface area contributed by atoms with E-state index in [1.165, 1.54) is 0 Å². The fraction of sp³-hybridized carbons (Fsp3) is 0.333. The molecule has 1 fully saturated rings. The van der Waals surface area contributed by atoms with Crippen molar-refractivity contribution in [3.63, 3.8) is 0 Å². The second kappa shape index (κ2) is 8.04. The molecule has 2 aromatic carbocycles. The molecule has 1 saturated heterocycles. The minimum Gasteiger partial charge on any atom is -0.326 e. The Balaban J connectivity index is 1.79. The molecule has 2 amide bonds. The molecule has 0 saturated carbocycles. The standard InChI is InChI=1S/C21H23BrN2O2/c1-3-14-6-5-7-15(4-2)20(14)24-13-16(12-19(24)25)21(26)23-18-10-8-17(22)9-11-18/h5-11,16H,3-4,12-13H2,1-2H3,(H,23,26)/t16-/m1/s1. The van der Waals surface area contributed by atoms with Gasteiger partial charge >= 0.3 is 0 Å². The molecule has 1 aliphatic rings. The van der Waals surface area contributed by atoms with Gasteiger partial charge in [-0.1, -0.05) is 48.0 Å². The zero-order valence-corrected chi connectivity index (χ0v) is 16.7. The Bertz CT molecular complexity index is 795. The Morgan fingerprint density at radius 2 is 1.73 bits per heavy atom. The number of anilines is 2. The number of carbonyl (C=O) groups is 2. The van der Waals surface area contributed by atoms with Gasteiger partial charge in [0.05, 0.1) is 5.92 Å². The number of hydrogen-bond donors (Lipinski definition) is 1. The number of carbonyl (C=O) groups excluding carboxylic acids is 2. The Kier molecular flexibility index (Phi) is 5.77. The first-order valence-corrected chi connectivity index (χ1v) is 9.80. The van der Waals surface area contributed by atoms with Crippen molar-refractivity contribution in [2.45, 2.75) is 33.1 Å². The Labute approximate surface area is 162 Å². The van der Waals surface area contributed by atoms with Crippen molar-refractivity contribution >= 4 is 39.1 Å². The molecule has 136 valence electrons. The number of aryl methyl sites for hydroxylation is 2. The highest BCUT2D eigenvalue weighted by Crippen LogP contribution is 2.32. The minimum atomic E-state index is -0.333. The summed E-state index contributed by atoms with van der Waals surface area (Å²) in [7, 11) is 0. The normalized spacial score (nSPS) is 16.8. The molecule has 1 N–H and O–H groups in total. The van der Waals surface area contributed by atoms with Gasteiger partial charge in [-0.05, 0) is 48.2 Å². The third kappa shape index (κ3) is 3.83. The maximum absolute atomic E-state index is 12.7. The molecule has 0 radical (unpaired) electrons. The molecule has 0 aromatic heterocycles. The summed E-state index contributed by atoms with van der Waals surface area (Å²) in [6, 6.07) is 13.6. The van der Waals surface area contributed by atoms with E-state index in [1.54, 1.807) is 0 Å². The number of rotatable bonds is 5. The average Bonchev–Trinajstić information content (AvgIpc) is 3.04. The van der Waals surface area contributed by atoms with Crippen LogP contribution in [0, 0.1) is 5.92 Å². The molecule has 2 aromatic rings. The fourth-order valence-electron chi connectivity index (χ4n) is 3.44. The van der Waals surface area contributed by atoms with Crippen LogP contribution in [0.1, 0.15) is 31.4 Å². The third-order valence-corrected chi connectivity index (χ3v) is 5.37. The lowest BCUT2D eigenvalue weighted by Crippen LogP contribution is -2.29. The summed E-state index contributed by atoms with van der Waals surface area (Å²) in [5, 5.41) is 2.92. The van der Waals surface area contributed by atoms with E-state index in [4.69, 9.17) is 0 Å². The molecule has 1 aliphatic heterocycles. The van der Waals surface area contributed by atoms with Crippen LogP contribution in [0.4, 0.5) is 11.4 Å². The molecule has 1 atom stereocenters. The van der Waals surface area contributed by atoms with Crippen LogP contribution in [0.5, 0.6) is 0 Å². The second-order valence-electron chi connectivity index (χ2n) is 6.53. The van der Waals surface area contributed by atoms with E-state index in [1.807, 2.05) is 35.2 Å². The van der Waals surface area contributed by atoms with E-state index >= 15 is 0 Å². The quantitative estimate of drug-likeness (QED) is 0.778. The van der Waals surface area contributed by atoms with Gasteiger partial charge in [0.2, 0.25) is 11.8 Å². The van der Waals surface area contributed by atoms with Crippen LogP contribution in [-0.2, 0) is 22.4 Å². The summed E-state index contributed by atoms with van der Waals surface area (Å²) in [5.74, 6) is -0.410. The highest BCUT2D eigenvalue weighted by molar-refractivity contribution is 9.10.